The van der Waals surface area contributed by atoms with E-state index < -0.39 is 0 Å². The molecule has 2 amide bonds. The van der Waals surface area contributed by atoms with Gasteiger partial charge in [-0.15, -0.1) is 0 Å². The maximum atomic E-state index is 13.1. The highest BCUT2D eigenvalue weighted by Gasteiger charge is 2.36. The zero-order valence-electron chi connectivity index (χ0n) is 19.7. The number of amides is 2. The van der Waals surface area contributed by atoms with Crippen LogP contribution in [-0.4, -0.2) is 49.0 Å². The molecule has 0 bridgehead atoms. The number of benzene rings is 2. The minimum Gasteiger partial charge on any atom is -0.493 e. The molecule has 2 N–H and O–H groups in total. The SMILES string of the molecule is COc1ccc(CCN2CC(C(=O)NC3CCCc4c3[nH]c3ccccc43)CC2=O)cc1OC. The third-order valence-electron chi connectivity index (χ3n) is 7.13. The molecular formula is C27H31N3O4. The number of aromatic nitrogens is 1. The fourth-order valence-corrected chi connectivity index (χ4v) is 5.31. The van der Waals surface area contributed by atoms with E-state index in [2.05, 4.69) is 28.5 Å². The number of fused-ring (bicyclic) bond motifs is 3. The van der Waals surface area contributed by atoms with E-state index in [1.807, 2.05) is 24.3 Å². The summed E-state index contributed by atoms with van der Waals surface area (Å²) in [6.07, 6.45) is 3.94. The van der Waals surface area contributed by atoms with Crippen LogP contribution in [0.2, 0.25) is 0 Å². The van der Waals surface area contributed by atoms with Crippen LogP contribution in [0.1, 0.15) is 42.1 Å². The third kappa shape index (κ3) is 4.22. The number of likely N-dealkylation sites (tertiary alicyclic amines) is 1. The molecule has 0 radical (unpaired) electrons. The van der Waals surface area contributed by atoms with Crippen LogP contribution in [0.25, 0.3) is 10.9 Å². The second-order valence-corrected chi connectivity index (χ2v) is 9.20. The van der Waals surface area contributed by atoms with Crippen molar-refractivity contribution in [2.45, 2.75) is 38.1 Å². The maximum Gasteiger partial charge on any atom is 0.225 e. The van der Waals surface area contributed by atoms with Gasteiger partial charge >= 0.3 is 0 Å². The number of aryl methyl sites for hydroxylation is 1. The summed E-state index contributed by atoms with van der Waals surface area (Å²) in [4.78, 5) is 31.1. The Morgan fingerprint density at radius 2 is 1.97 bits per heavy atom. The van der Waals surface area contributed by atoms with E-state index in [0.717, 1.165) is 36.0 Å². The number of rotatable bonds is 7. The largest absolute Gasteiger partial charge is 0.493 e. The van der Waals surface area contributed by atoms with Gasteiger partial charge in [0.05, 0.1) is 26.2 Å². The Labute approximate surface area is 199 Å². The van der Waals surface area contributed by atoms with Crippen LogP contribution >= 0.6 is 0 Å². The van der Waals surface area contributed by atoms with Gasteiger partial charge in [-0.3, -0.25) is 9.59 Å². The molecule has 1 aromatic heterocycles. The quantitative estimate of drug-likeness (QED) is 0.561. The van der Waals surface area contributed by atoms with Crippen LogP contribution in [0, 0.1) is 5.92 Å². The Bertz CT molecular complexity index is 1220. The molecule has 2 heterocycles. The van der Waals surface area contributed by atoms with E-state index in [-0.39, 0.29) is 30.2 Å². The summed E-state index contributed by atoms with van der Waals surface area (Å²) in [6.45, 7) is 1.04. The Balaban J connectivity index is 1.21. The van der Waals surface area contributed by atoms with Crippen molar-refractivity contribution in [3.63, 3.8) is 0 Å². The average Bonchev–Trinajstić information content (AvgIpc) is 3.43. The molecule has 0 saturated carbocycles. The molecule has 2 atom stereocenters. The maximum absolute atomic E-state index is 13.1. The van der Waals surface area contributed by atoms with Gasteiger partial charge in [-0.2, -0.15) is 0 Å². The number of carbonyl (C=O) groups excluding carboxylic acids is 2. The number of H-pyrrole nitrogens is 1. The van der Waals surface area contributed by atoms with Crippen molar-refractivity contribution in [2.24, 2.45) is 5.92 Å². The van der Waals surface area contributed by atoms with Gasteiger partial charge in [-0.05, 0) is 55.0 Å². The van der Waals surface area contributed by atoms with Gasteiger partial charge < -0.3 is 24.7 Å². The smallest absolute Gasteiger partial charge is 0.225 e. The Hall–Kier alpha value is -3.48. The number of carbonyl (C=O) groups is 2. The van der Waals surface area contributed by atoms with E-state index in [1.165, 1.54) is 10.9 Å². The molecule has 2 aromatic carbocycles. The number of nitrogens with one attached hydrogen (secondary N) is 2. The Kier molecular flexibility index (Phi) is 6.18. The van der Waals surface area contributed by atoms with Crippen LogP contribution in [0.4, 0.5) is 0 Å². The number of hydrogen-bond acceptors (Lipinski definition) is 4. The van der Waals surface area contributed by atoms with Crippen LogP contribution in [0.15, 0.2) is 42.5 Å². The topological polar surface area (TPSA) is 83.7 Å². The van der Waals surface area contributed by atoms with Gasteiger partial charge in [0.2, 0.25) is 11.8 Å². The van der Waals surface area contributed by atoms with E-state index >= 15 is 0 Å². The first-order valence-electron chi connectivity index (χ1n) is 12.0. The molecule has 7 heteroatoms. The number of para-hydroxylation sites is 1. The van der Waals surface area contributed by atoms with Gasteiger partial charge in [0, 0.05) is 36.1 Å². The zero-order chi connectivity index (χ0) is 23.7. The number of methoxy groups -OCH3 is 2. The molecule has 7 nitrogen and oxygen atoms in total. The lowest BCUT2D eigenvalue weighted by molar-refractivity contribution is -0.129. The van der Waals surface area contributed by atoms with E-state index in [0.29, 0.717) is 31.0 Å². The third-order valence-corrected chi connectivity index (χ3v) is 7.13. The standard InChI is InChI=1S/C27H31N3O4/c1-33-23-11-10-17(14-24(23)34-2)12-13-30-16-18(15-25(30)31)27(32)29-22-9-5-7-20-19-6-3-4-8-21(19)28-26(20)22/h3-4,6,8,10-11,14,18,22,28H,5,7,9,12-13,15-16H2,1-2H3,(H,29,32). The van der Waals surface area contributed by atoms with Crippen LogP contribution < -0.4 is 14.8 Å². The zero-order valence-corrected chi connectivity index (χ0v) is 19.7. The summed E-state index contributed by atoms with van der Waals surface area (Å²) >= 11 is 0. The predicted molar refractivity (Wildman–Crippen MR) is 130 cm³/mol. The molecule has 1 aliphatic carbocycles. The van der Waals surface area contributed by atoms with Crippen molar-refractivity contribution < 1.29 is 19.1 Å². The molecule has 178 valence electrons. The highest BCUT2D eigenvalue weighted by molar-refractivity contribution is 5.90. The fraction of sp³-hybridized carbons (Fsp3) is 0.407. The van der Waals surface area contributed by atoms with Crippen LogP contribution in [-0.2, 0) is 22.4 Å². The first-order chi connectivity index (χ1) is 16.6. The summed E-state index contributed by atoms with van der Waals surface area (Å²) in [7, 11) is 3.22. The van der Waals surface area contributed by atoms with Gasteiger partial charge in [0.25, 0.3) is 0 Å². The fourth-order valence-electron chi connectivity index (χ4n) is 5.31. The van der Waals surface area contributed by atoms with Crippen molar-refractivity contribution in [2.75, 3.05) is 27.3 Å². The van der Waals surface area contributed by atoms with Crippen molar-refractivity contribution in [1.29, 1.82) is 0 Å². The Morgan fingerprint density at radius 1 is 1.15 bits per heavy atom. The lowest BCUT2D eigenvalue weighted by Gasteiger charge is -2.25. The number of aromatic amines is 1. The van der Waals surface area contributed by atoms with Gasteiger partial charge in [-0.25, -0.2) is 0 Å². The molecule has 3 aromatic rings. The summed E-state index contributed by atoms with van der Waals surface area (Å²) < 4.78 is 10.7. The van der Waals surface area contributed by atoms with Gasteiger partial charge in [0.15, 0.2) is 11.5 Å². The van der Waals surface area contributed by atoms with Crippen LogP contribution in [0.5, 0.6) is 11.5 Å². The predicted octanol–water partition coefficient (Wildman–Crippen LogP) is 3.77. The van der Waals surface area contributed by atoms with E-state index in [9.17, 15) is 9.59 Å². The average molecular weight is 462 g/mol. The second-order valence-electron chi connectivity index (χ2n) is 9.20. The molecule has 0 spiro atoms. The van der Waals surface area contributed by atoms with Crippen molar-refractivity contribution in [3.05, 3.63) is 59.3 Å². The molecular weight excluding hydrogens is 430 g/mol. The summed E-state index contributed by atoms with van der Waals surface area (Å²) in [5.74, 6) is 1.05. The lowest BCUT2D eigenvalue weighted by Crippen LogP contribution is -2.37. The number of ether oxygens (including phenoxy) is 2. The van der Waals surface area contributed by atoms with Crippen molar-refractivity contribution >= 4 is 22.7 Å². The minimum atomic E-state index is -0.312. The van der Waals surface area contributed by atoms with Gasteiger partial charge in [-0.1, -0.05) is 24.3 Å². The van der Waals surface area contributed by atoms with E-state index in [4.69, 9.17) is 9.47 Å². The minimum absolute atomic E-state index is 0.0282. The lowest BCUT2D eigenvalue weighted by atomic mass is 9.91. The molecule has 1 fully saturated rings. The monoisotopic (exact) mass is 461 g/mol. The van der Waals surface area contributed by atoms with Crippen molar-refractivity contribution in [3.8, 4) is 11.5 Å². The molecule has 2 unspecified atom stereocenters. The normalized spacial score (nSPS) is 19.8. The number of nitrogens with zero attached hydrogens (tertiary/aromatic N) is 1. The van der Waals surface area contributed by atoms with Gasteiger partial charge in [0.1, 0.15) is 0 Å². The van der Waals surface area contributed by atoms with Crippen LogP contribution in [0.3, 0.4) is 0 Å². The highest BCUT2D eigenvalue weighted by Crippen LogP contribution is 2.35. The molecule has 1 saturated heterocycles. The molecule has 1 aliphatic heterocycles. The number of hydrogen-bond donors (Lipinski definition) is 2. The summed E-state index contributed by atoms with van der Waals surface area (Å²) in [5.41, 5.74) is 4.61. The molecule has 5 rings (SSSR count). The summed E-state index contributed by atoms with van der Waals surface area (Å²) in [5, 5.41) is 4.49. The summed E-state index contributed by atoms with van der Waals surface area (Å²) in [6, 6.07) is 14.1. The molecule has 2 aliphatic rings. The first-order valence-corrected chi connectivity index (χ1v) is 12.0. The first kappa shape index (κ1) is 22.3. The Morgan fingerprint density at radius 3 is 2.79 bits per heavy atom. The van der Waals surface area contributed by atoms with Crippen molar-refractivity contribution in [1.82, 2.24) is 15.2 Å². The highest BCUT2D eigenvalue weighted by atomic mass is 16.5. The van der Waals surface area contributed by atoms with E-state index in [1.54, 1.807) is 19.1 Å². The second kappa shape index (κ2) is 9.41. The molecule has 34 heavy (non-hydrogen) atoms.